The maximum absolute atomic E-state index is 13.4. The van der Waals surface area contributed by atoms with Gasteiger partial charge in [0.25, 0.3) is 0 Å². The van der Waals surface area contributed by atoms with Crippen LogP contribution in [-0.4, -0.2) is 50.5 Å². The van der Waals surface area contributed by atoms with E-state index in [9.17, 15) is 18.0 Å². The van der Waals surface area contributed by atoms with E-state index in [0.29, 0.717) is 17.1 Å². The third-order valence-electron chi connectivity index (χ3n) is 4.76. The van der Waals surface area contributed by atoms with Gasteiger partial charge in [-0.15, -0.1) is 0 Å². The Morgan fingerprint density at radius 1 is 1.09 bits per heavy atom. The summed E-state index contributed by atoms with van der Waals surface area (Å²) >= 11 is 12.3. The zero-order valence-corrected chi connectivity index (χ0v) is 20.5. The zero-order chi connectivity index (χ0) is 23.9. The standard InChI is InChI=1S/C22H27Cl2N3O4S/c1-4-12-25-22(29)16(2)26(14-17-8-7-9-18(23)13-17)21(28)15-27(32(3,30)31)20-11-6-5-10-19(20)24/h5-11,13,16H,4,12,14-15H2,1-3H3,(H,25,29). The molecule has 1 unspecified atom stereocenters. The molecule has 0 aliphatic carbocycles. The molecule has 0 aromatic heterocycles. The van der Waals surface area contributed by atoms with Crippen molar-refractivity contribution >= 4 is 50.7 Å². The number of amides is 2. The molecule has 10 heteroatoms. The van der Waals surface area contributed by atoms with Crippen molar-refractivity contribution in [2.24, 2.45) is 0 Å². The Morgan fingerprint density at radius 3 is 2.38 bits per heavy atom. The molecule has 2 aromatic carbocycles. The monoisotopic (exact) mass is 499 g/mol. The molecule has 2 amide bonds. The van der Waals surface area contributed by atoms with E-state index >= 15 is 0 Å². The SMILES string of the molecule is CCCNC(=O)C(C)N(Cc1cccc(Cl)c1)C(=O)CN(c1ccccc1Cl)S(C)(=O)=O. The topological polar surface area (TPSA) is 86.8 Å². The fourth-order valence-electron chi connectivity index (χ4n) is 3.06. The van der Waals surface area contributed by atoms with Crippen LogP contribution < -0.4 is 9.62 Å². The summed E-state index contributed by atoms with van der Waals surface area (Å²) in [4.78, 5) is 27.3. The van der Waals surface area contributed by atoms with Gasteiger partial charge in [-0.3, -0.25) is 13.9 Å². The predicted octanol–water partition coefficient (Wildman–Crippen LogP) is 3.70. The minimum atomic E-state index is -3.83. The van der Waals surface area contributed by atoms with Crippen molar-refractivity contribution in [3.8, 4) is 0 Å². The number of anilines is 1. The first-order valence-electron chi connectivity index (χ1n) is 10.1. The number of carbonyl (C=O) groups excluding carboxylic acids is 2. The van der Waals surface area contributed by atoms with Gasteiger partial charge in [0.1, 0.15) is 12.6 Å². The summed E-state index contributed by atoms with van der Waals surface area (Å²) in [5.74, 6) is -0.875. The van der Waals surface area contributed by atoms with Crippen LogP contribution in [0.15, 0.2) is 48.5 Å². The number of hydrogen-bond donors (Lipinski definition) is 1. The number of hydrogen-bond acceptors (Lipinski definition) is 4. The van der Waals surface area contributed by atoms with Crippen LogP contribution in [0.3, 0.4) is 0 Å². The molecular weight excluding hydrogens is 473 g/mol. The highest BCUT2D eigenvalue weighted by Crippen LogP contribution is 2.27. The van der Waals surface area contributed by atoms with Gasteiger partial charge in [-0.25, -0.2) is 8.42 Å². The summed E-state index contributed by atoms with van der Waals surface area (Å²) in [5.41, 5.74) is 0.903. The summed E-state index contributed by atoms with van der Waals surface area (Å²) in [5, 5.41) is 3.46. The second-order valence-electron chi connectivity index (χ2n) is 7.34. The molecule has 0 spiro atoms. The molecule has 2 rings (SSSR count). The number of carbonyl (C=O) groups is 2. The van der Waals surface area contributed by atoms with Crippen LogP contribution in [0.4, 0.5) is 5.69 Å². The summed E-state index contributed by atoms with van der Waals surface area (Å²) in [7, 11) is -3.83. The van der Waals surface area contributed by atoms with Gasteiger partial charge < -0.3 is 10.2 Å². The molecule has 0 fully saturated rings. The molecule has 0 saturated heterocycles. The first-order chi connectivity index (χ1) is 15.0. The number of rotatable bonds is 10. The van der Waals surface area contributed by atoms with E-state index in [1.54, 1.807) is 49.4 Å². The highest BCUT2D eigenvalue weighted by molar-refractivity contribution is 7.92. The number of halogens is 2. The molecule has 0 saturated carbocycles. The maximum atomic E-state index is 13.4. The van der Waals surface area contributed by atoms with Crippen LogP contribution in [-0.2, 0) is 26.2 Å². The number of nitrogens with one attached hydrogen (secondary N) is 1. The lowest BCUT2D eigenvalue weighted by Crippen LogP contribution is -2.51. The van der Waals surface area contributed by atoms with Crippen LogP contribution in [0, 0.1) is 0 Å². The number of benzene rings is 2. The lowest BCUT2D eigenvalue weighted by Gasteiger charge is -2.31. The van der Waals surface area contributed by atoms with Crippen molar-refractivity contribution in [3.63, 3.8) is 0 Å². The van der Waals surface area contributed by atoms with Crippen molar-refractivity contribution in [1.82, 2.24) is 10.2 Å². The largest absolute Gasteiger partial charge is 0.354 e. The molecule has 1 atom stereocenters. The Morgan fingerprint density at radius 2 is 1.78 bits per heavy atom. The maximum Gasteiger partial charge on any atom is 0.244 e. The van der Waals surface area contributed by atoms with E-state index < -0.39 is 28.5 Å². The normalized spacial score (nSPS) is 12.2. The van der Waals surface area contributed by atoms with Gasteiger partial charge in [-0.2, -0.15) is 0 Å². The quantitative estimate of drug-likeness (QED) is 0.539. The van der Waals surface area contributed by atoms with Gasteiger partial charge in [0.15, 0.2) is 0 Å². The molecule has 0 bridgehead atoms. The van der Waals surface area contributed by atoms with E-state index in [4.69, 9.17) is 23.2 Å². The van der Waals surface area contributed by atoms with Crippen molar-refractivity contribution < 1.29 is 18.0 Å². The molecule has 1 N–H and O–H groups in total. The smallest absolute Gasteiger partial charge is 0.244 e. The molecule has 2 aromatic rings. The van der Waals surface area contributed by atoms with E-state index in [1.165, 1.54) is 11.0 Å². The fraction of sp³-hybridized carbons (Fsp3) is 0.364. The van der Waals surface area contributed by atoms with Gasteiger partial charge in [-0.05, 0) is 43.2 Å². The van der Waals surface area contributed by atoms with Crippen LogP contribution >= 0.6 is 23.2 Å². The average Bonchev–Trinajstić information content (AvgIpc) is 2.73. The van der Waals surface area contributed by atoms with Gasteiger partial charge in [0.05, 0.1) is 17.0 Å². The number of nitrogens with zero attached hydrogens (tertiary/aromatic N) is 2. The van der Waals surface area contributed by atoms with Crippen LogP contribution in [0.2, 0.25) is 10.0 Å². The van der Waals surface area contributed by atoms with Crippen LogP contribution in [0.5, 0.6) is 0 Å². The molecule has 174 valence electrons. The third kappa shape index (κ3) is 7.12. The van der Waals surface area contributed by atoms with E-state index in [-0.39, 0.29) is 23.2 Å². The van der Waals surface area contributed by atoms with E-state index in [2.05, 4.69) is 5.32 Å². The van der Waals surface area contributed by atoms with Crippen LogP contribution in [0.25, 0.3) is 0 Å². The minimum absolute atomic E-state index is 0.0836. The molecule has 0 aliphatic rings. The van der Waals surface area contributed by atoms with E-state index in [0.717, 1.165) is 17.0 Å². The molecular formula is C22H27Cl2N3O4S. The Labute approximate surface area is 199 Å². The van der Waals surface area contributed by atoms with Gasteiger partial charge in [-0.1, -0.05) is 54.4 Å². The molecule has 0 aliphatic heterocycles. The Balaban J connectivity index is 2.38. The lowest BCUT2D eigenvalue weighted by atomic mass is 10.1. The van der Waals surface area contributed by atoms with Gasteiger partial charge in [0, 0.05) is 18.1 Å². The average molecular weight is 500 g/mol. The first-order valence-corrected chi connectivity index (χ1v) is 12.7. The number of para-hydroxylation sites is 1. The van der Waals surface area contributed by atoms with Gasteiger partial charge >= 0.3 is 0 Å². The molecule has 0 heterocycles. The third-order valence-corrected chi connectivity index (χ3v) is 6.44. The molecule has 0 radical (unpaired) electrons. The summed E-state index contributed by atoms with van der Waals surface area (Å²) in [6.07, 6.45) is 1.75. The highest BCUT2D eigenvalue weighted by Gasteiger charge is 2.30. The summed E-state index contributed by atoms with van der Waals surface area (Å²) < 4.78 is 25.9. The Kier molecular flexibility index (Phi) is 9.36. The lowest BCUT2D eigenvalue weighted by molar-refractivity contribution is -0.139. The van der Waals surface area contributed by atoms with Gasteiger partial charge in [0.2, 0.25) is 21.8 Å². The fourth-order valence-corrected chi connectivity index (χ4v) is 4.42. The summed E-state index contributed by atoms with van der Waals surface area (Å²) in [6.45, 7) is 3.58. The predicted molar refractivity (Wildman–Crippen MR) is 128 cm³/mol. The van der Waals surface area contributed by atoms with E-state index in [1.807, 2.05) is 6.92 Å². The molecule has 7 nitrogen and oxygen atoms in total. The van der Waals surface area contributed by atoms with Crippen molar-refractivity contribution in [2.75, 3.05) is 23.7 Å². The Bertz CT molecular complexity index is 1060. The van der Waals surface area contributed by atoms with Crippen molar-refractivity contribution in [2.45, 2.75) is 32.9 Å². The van der Waals surface area contributed by atoms with Crippen molar-refractivity contribution in [1.29, 1.82) is 0 Å². The zero-order valence-electron chi connectivity index (χ0n) is 18.2. The minimum Gasteiger partial charge on any atom is -0.354 e. The Hall–Kier alpha value is -2.29. The van der Waals surface area contributed by atoms with Crippen molar-refractivity contribution in [3.05, 3.63) is 64.1 Å². The highest BCUT2D eigenvalue weighted by atomic mass is 35.5. The second-order valence-corrected chi connectivity index (χ2v) is 10.1. The summed E-state index contributed by atoms with van der Waals surface area (Å²) in [6, 6.07) is 12.5. The second kappa shape index (κ2) is 11.5. The first kappa shape index (κ1) is 26.0. The van der Waals surface area contributed by atoms with Crippen LogP contribution in [0.1, 0.15) is 25.8 Å². The number of sulfonamides is 1. The molecule has 32 heavy (non-hydrogen) atoms.